The predicted octanol–water partition coefficient (Wildman–Crippen LogP) is 0.0262. The first-order chi connectivity index (χ1) is 11.7. The van der Waals surface area contributed by atoms with Crippen LogP contribution in [0.3, 0.4) is 0 Å². The van der Waals surface area contributed by atoms with Crippen molar-refractivity contribution in [3.8, 4) is 0 Å². The van der Waals surface area contributed by atoms with E-state index in [1.807, 2.05) is 4.90 Å². The third kappa shape index (κ3) is 3.45. The van der Waals surface area contributed by atoms with Gasteiger partial charge in [-0.1, -0.05) is 0 Å². The molecule has 0 radical (unpaired) electrons. The summed E-state index contributed by atoms with van der Waals surface area (Å²) in [5, 5.41) is 21.7. The Labute approximate surface area is 140 Å². The molecule has 0 spiro atoms. The lowest BCUT2D eigenvalue weighted by Gasteiger charge is -2.31. The lowest BCUT2D eigenvalue weighted by Crippen LogP contribution is -2.38. The fourth-order valence-electron chi connectivity index (χ4n) is 3.21. The predicted molar refractivity (Wildman–Crippen MR) is 85.1 cm³/mol. The van der Waals surface area contributed by atoms with E-state index in [0.29, 0.717) is 25.6 Å². The number of piperidine rings is 1. The van der Waals surface area contributed by atoms with Gasteiger partial charge in [0, 0.05) is 32.0 Å². The molecule has 1 aliphatic rings. The average molecular weight is 333 g/mol. The zero-order valence-corrected chi connectivity index (χ0v) is 13.9. The van der Waals surface area contributed by atoms with Crippen LogP contribution in [-0.4, -0.2) is 65.1 Å². The molecule has 1 fully saturated rings. The van der Waals surface area contributed by atoms with Crippen LogP contribution < -0.4 is 0 Å². The molecule has 0 bridgehead atoms. The Balaban J connectivity index is 1.67. The van der Waals surface area contributed by atoms with Crippen molar-refractivity contribution in [3.63, 3.8) is 0 Å². The van der Waals surface area contributed by atoms with Crippen LogP contribution in [0.5, 0.6) is 0 Å². The molecule has 130 valence electrons. The van der Waals surface area contributed by atoms with Gasteiger partial charge < -0.3 is 14.6 Å². The van der Waals surface area contributed by atoms with E-state index in [2.05, 4.69) is 31.8 Å². The van der Waals surface area contributed by atoms with Gasteiger partial charge in [0.1, 0.15) is 25.0 Å². The summed E-state index contributed by atoms with van der Waals surface area (Å²) in [6.07, 6.45) is 5.13. The van der Waals surface area contributed by atoms with Crippen LogP contribution in [0, 0.1) is 0 Å². The number of carbonyl (C=O) groups excluding carboxylic acids is 1. The van der Waals surface area contributed by atoms with Gasteiger partial charge in [-0.2, -0.15) is 5.10 Å². The van der Waals surface area contributed by atoms with E-state index in [-0.39, 0.29) is 18.9 Å². The third-order valence-corrected chi connectivity index (χ3v) is 4.48. The summed E-state index contributed by atoms with van der Waals surface area (Å²) in [6, 6.07) is 0. The number of aliphatic hydroxyl groups excluding tert-OH is 1. The van der Waals surface area contributed by atoms with Crippen LogP contribution in [-0.2, 0) is 17.9 Å². The second-order valence-electron chi connectivity index (χ2n) is 5.94. The first-order valence-electron chi connectivity index (χ1n) is 8.36. The number of amides is 1. The molecule has 9 nitrogen and oxygen atoms in total. The highest BCUT2D eigenvalue weighted by molar-refractivity contribution is 5.76. The zero-order valence-electron chi connectivity index (χ0n) is 13.9. The molecule has 0 aliphatic carbocycles. The molecular formula is C15H23N7O2. The molecule has 3 rings (SSSR count). The van der Waals surface area contributed by atoms with Crippen LogP contribution in [0.2, 0.25) is 0 Å². The Morgan fingerprint density at radius 3 is 2.75 bits per heavy atom. The van der Waals surface area contributed by atoms with Crippen LogP contribution in [0.1, 0.15) is 43.8 Å². The molecule has 1 amide bonds. The SMILES string of the molecule is CCn1c(Cn2cncn2)nnc1C1CCN(C(=O)CCO)CC1. The number of carbonyl (C=O) groups is 1. The minimum Gasteiger partial charge on any atom is -0.396 e. The van der Waals surface area contributed by atoms with Gasteiger partial charge in [0.25, 0.3) is 0 Å². The van der Waals surface area contributed by atoms with E-state index in [1.165, 1.54) is 6.33 Å². The summed E-state index contributed by atoms with van der Waals surface area (Å²) >= 11 is 0. The number of nitrogens with zero attached hydrogens (tertiary/aromatic N) is 7. The highest BCUT2D eigenvalue weighted by Gasteiger charge is 2.27. The van der Waals surface area contributed by atoms with Crippen molar-refractivity contribution in [1.29, 1.82) is 0 Å². The Bertz CT molecular complexity index is 659. The monoisotopic (exact) mass is 333 g/mol. The number of hydrogen-bond acceptors (Lipinski definition) is 6. The molecule has 24 heavy (non-hydrogen) atoms. The molecule has 0 aromatic carbocycles. The molecule has 1 aliphatic heterocycles. The normalized spacial score (nSPS) is 15.8. The molecule has 0 atom stereocenters. The maximum atomic E-state index is 11.9. The Morgan fingerprint density at radius 2 is 2.12 bits per heavy atom. The minimum absolute atomic E-state index is 0.0276. The highest BCUT2D eigenvalue weighted by Crippen LogP contribution is 2.27. The van der Waals surface area contributed by atoms with Gasteiger partial charge >= 0.3 is 0 Å². The first kappa shape index (κ1) is 16.6. The van der Waals surface area contributed by atoms with Crippen molar-refractivity contribution >= 4 is 5.91 Å². The largest absolute Gasteiger partial charge is 0.396 e. The van der Waals surface area contributed by atoms with Crippen molar-refractivity contribution in [2.45, 2.75) is 45.2 Å². The quantitative estimate of drug-likeness (QED) is 0.800. The summed E-state index contributed by atoms with van der Waals surface area (Å²) in [5.41, 5.74) is 0. The highest BCUT2D eigenvalue weighted by atomic mass is 16.3. The van der Waals surface area contributed by atoms with E-state index in [0.717, 1.165) is 31.0 Å². The van der Waals surface area contributed by atoms with Crippen molar-refractivity contribution in [2.75, 3.05) is 19.7 Å². The first-order valence-corrected chi connectivity index (χ1v) is 8.36. The molecule has 3 heterocycles. The van der Waals surface area contributed by atoms with Crippen molar-refractivity contribution in [1.82, 2.24) is 34.4 Å². The minimum atomic E-state index is -0.0887. The van der Waals surface area contributed by atoms with Crippen LogP contribution in [0.15, 0.2) is 12.7 Å². The Kier molecular flexibility index (Phi) is 5.19. The molecule has 2 aromatic heterocycles. The average Bonchev–Trinajstić information content (AvgIpc) is 3.25. The fourth-order valence-corrected chi connectivity index (χ4v) is 3.21. The maximum Gasteiger partial charge on any atom is 0.224 e. The number of aliphatic hydroxyl groups is 1. The number of aromatic nitrogens is 6. The third-order valence-electron chi connectivity index (χ3n) is 4.48. The second-order valence-corrected chi connectivity index (χ2v) is 5.94. The molecule has 9 heteroatoms. The summed E-state index contributed by atoms with van der Waals surface area (Å²) < 4.78 is 3.87. The summed E-state index contributed by atoms with van der Waals surface area (Å²) in [4.78, 5) is 17.6. The van der Waals surface area contributed by atoms with Crippen molar-refractivity contribution < 1.29 is 9.90 Å². The Morgan fingerprint density at radius 1 is 1.33 bits per heavy atom. The van der Waals surface area contributed by atoms with Gasteiger partial charge in [-0.25, -0.2) is 9.67 Å². The standard InChI is InChI=1S/C15H23N7O2/c1-2-22-13(9-21-11-16-10-17-21)18-19-15(22)12-3-6-20(7-4-12)14(24)5-8-23/h10-12,23H,2-9H2,1H3. The van der Waals surface area contributed by atoms with Gasteiger partial charge in [-0.3, -0.25) is 4.79 Å². The summed E-state index contributed by atoms with van der Waals surface area (Å²) in [5.74, 6) is 2.19. The molecule has 1 saturated heterocycles. The van der Waals surface area contributed by atoms with Crippen LogP contribution in [0.4, 0.5) is 0 Å². The summed E-state index contributed by atoms with van der Waals surface area (Å²) in [6.45, 7) is 4.76. The van der Waals surface area contributed by atoms with Crippen LogP contribution >= 0.6 is 0 Å². The molecular weight excluding hydrogens is 310 g/mol. The lowest BCUT2D eigenvalue weighted by atomic mass is 9.95. The lowest BCUT2D eigenvalue weighted by molar-refractivity contribution is -0.132. The van der Waals surface area contributed by atoms with Crippen molar-refractivity contribution in [3.05, 3.63) is 24.3 Å². The van der Waals surface area contributed by atoms with Gasteiger partial charge in [0.05, 0.1) is 6.61 Å². The van der Waals surface area contributed by atoms with Gasteiger partial charge in [0.2, 0.25) is 5.91 Å². The molecule has 0 unspecified atom stereocenters. The fraction of sp³-hybridized carbons (Fsp3) is 0.667. The maximum absolute atomic E-state index is 11.9. The van der Waals surface area contributed by atoms with E-state index >= 15 is 0 Å². The second kappa shape index (κ2) is 7.52. The topological polar surface area (TPSA) is 102 Å². The van der Waals surface area contributed by atoms with E-state index in [9.17, 15) is 4.79 Å². The number of likely N-dealkylation sites (tertiary alicyclic amines) is 1. The molecule has 1 N–H and O–H groups in total. The van der Waals surface area contributed by atoms with E-state index in [1.54, 1.807) is 11.0 Å². The van der Waals surface area contributed by atoms with Gasteiger partial charge in [0.15, 0.2) is 5.82 Å². The molecule has 2 aromatic rings. The van der Waals surface area contributed by atoms with Crippen molar-refractivity contribution in [2.24, 2.45) is 0 Å². The van der Waals surface area contributed by atoms with Crippen LogP contribution in [0.25, 0.3) is 0 Å². The number of hydrogen-bond donors (Lipinski definition) is 1. The Hall–Kier alpha value is -2.29. The smallest absolute Gasteiger partial charge is 0.224 e. The molecule has 0 saturated carbocycles. The zero-order chi connectivity index (χ0) is 16.9. The van der Waals surface area contributed by atoms with Gasteiger partial charge in [-0.05, 0) is 19.8 Å². The summed E-state index contributed by atoms with van der Waals surface area (Å²) in [7, 11) is 0. The number of rotatable bonds is 6. The van der Waals surface area contributed by atoms with E-state index in [4.69, 9.17) is 5.11 Å². The van der Waals surface area contributed by atoms with Gasteiger partial charge in [-0.15, -0.1) is 10.2 Å². The van der Waals surface area contributed by atoms with E-state index < -0.39 is 0 Å².